The van der Waals surface area contributed by atoms with Crippen LogP contribution in [0.5, 0.6) is 5.75 Å². The summed E-state index contributed by atoms with van der Waals surface area (Å²) in [5, 5.41) is 7.18. The maximum Gasteiger partial charge on any atom is 0.325 e. The summed E-state index contributed by atoms with van der Waals surface area (Å²) in [6, 6.07) is 20.5. The van der Waals surface area contributed by atoms with Gasteiger partial charge in [0.25, 0.3) is 0 Å². The van der Waals surface area contributed by atoms with E-state index in [9.17, 15) is 9.59 Å². The van der Waals surface area contributed by atoms with Crippen molar-refractivity contribution in [2.75, 3.05) is 26.0 Å². The van der Waals surface area contributed by atoms with Gasteiger partial charge in [-0.05, 0) is 53.7 Å². The Balaban J connectivity index is 1.53. The number of imide groups is 1. The van der Waals surface area contributed by atoms with E-state index in [2.05, 4.69) is 16.7 Å². The third-order valence-electron chi connectivity index (χ3n) is 4.26. The number of hydrogen-bond acceptors (Lipinski definition) is 4. The lowest BCUT2D eigenvalue weighted by molar-refractivity contribution is -0.120. The van der Waals surface area contributed by atoms with Crippen LogP contribution in [0, 0.1) is 0 Å². The first-order valence-electron chi connectivity index (χ1n) is 8.94. The summed E-state index contributed by atoms with van der Waals surface area (Å²) >= 11 is 0. The molecule has 0 spiro atoms. The van der Waals surface area contributed by atoms with Crippen LogP contribution in [-0.2, 0) is 11.3 Å². The zero-order valence-corrected chi connectivity index (χ0v) is 15.9. The molecule has 0 aromatic heterocycles. The number of nitrogens with one attached hydrogen (secondary N) is 2. The van der Waals surface area contributed by atoms with Gasteiger partial charge in [0.15, 0.2) is 0 Å². The predicted molar refractivity (Wildman–Crippen MR) is 110 cm³/mol. The summed E-state index contributed by atoms with van der Waals surface area (Å²) in [6.07, 6.45) is 0. The second-order valence-electron chi connectivity index (χ2n) is 6.59. The van der Waals surface area contributed by atoms with Gasteiger partial charge in [0.1, 0.15) is 5.75 Å². The average molecular weight is 377 g/mol. The first-order valence-corrected chi connectivity index (χ1v) is 8.94. The highest BCUT2D eigenvalue weighted by atomic mass is 16.5. The van der Waals surface area contributed by atoms with Crippen LogP contribution in [-0.4, -0.2) is 37.5 Å². The Morgan fingerprint density at radius 2 is 1.68 bits per heavy atom. The van der Waals surface area contributed by atoms with Crippen LogP contribution < -0.4 is 15.4 Å². The van der Waals surface area contributed by atoms with Gasteiger partial charge in [0.2, 0.25) is 5.91 Å². The molecule has 0 unspecified atom stereocenters. The van der Waals surface area contributed by atoms with Crippen molar-refractivity contribution >= 4 is 28.4 Å². The maximum absolute atomic E-state index is 12.1. The molecule has 6 heteroatoms. The fourth-order valence-electron chi connectivity index (χ4n) is 2.96. The number of rotatable bonds is 6. The van der Waals surface area contributed by atoms with Crippen molar-refractivity contribution in [3.63, 3.8) is 0 Å². The van der Waals surface area contributed by atoms with Gasteiger partial charge in [0, 0.05) is 12.2 Å². The molecule has 0 aliphatic carbocycles. The topological polar surface area (TPSA) is 70.7 Å². The van der Waals surface area contributed by atoms with Gasteiger partial charge in [0.05, 0.1) is 13.7 Å². The number of ether oxygens (including phenoxy) is 1. The fraction of sp³-hybridized carbons (Fsp3) is 0.182. The second-order valence-corrected chi connectivity index (χ2v) is 6.59. The number of carbonyl (C=O) groups excluding carboxylic acids is 2. The Morgan fingerprint density at radius 1 is 0.964 bits per heavy atom. The van der Waals surface area contributed by atoms with E-state index in [0.29, 0.717) is 12.2 Å². The highest BCUT2D eigenvalue weighted by Gasteiger charge is 2.11. The monoisotopic (exact) mass is 377 g/mol. The standard InChI is InChI=1S/C22H23N3O3/c1-25(15-21(26)24-22(27)23-19-6-4-3-5-7-19)14-16-8-9-18-13-20(28-2)11-10-17(18)12-16/h3-13H,14-15H2,1-2H3,(H2,23,24,26,27). The van der Waals surface area contributed by atoms with E-state index in [4.69, 9.17) is 4.74 Å². The molecule has 3 aromatic rings. The van der Waals surface area contributed by atoms with Gasteiger partial charge in [-0.15, -0.1) is 0 Å². The molecule has 2 N–H and O–H groups in total. The number of likely N-dealkylation sites (N-methyl/N-ethyl adjacent to an activating group) is 1. The van der Waals surface area contributed by atoms with E-state index in [-0.39, 0.29) is 12.5 Å². The fourth-order valence-corrected chi connectivity index (χ4v) is 2.96. The van der Waals surface area contributed by atoms with Crippen molar-refractivity contribution in [2.24, 2.45) is 0 Å². The molecular weight excluding hydrogens is 354 g/mol. The van der Waals surface area contributed by atoms with Crippen LogP contribution in [0.4, 0.5) is 10.5 Å². The first kappa shape index (κ1) is 19.4. The molecule has 3 amide bonds. The van der Waals surface area contributed by atoms with Crippen LogP contribution in [0.15, 0.2) is 66.7 Å². The van der Waals surface area contributed by atoms with Crippen molar-refractivity contribution in [1.29, 1.82) is 0 Å². The highest BCUT2D eigenvalue weighted by molar-refractivity contribution is 6.01. The third-order valence-corrected chi connectivity index (χ3v) is 4.26. The number of amides is 3. The molecule has 3 rings (SSSR count). The van der Waals surface area contributed by atoms with Gasteiger partial charge < -0.3 is 10.1 Å². The molecule has 0 saturated carbocycles. The van der Waals surface area contributed by atoms with E-state index >= 15 is 0 Å². The van der Waals surface area contributed by atoms with E-state index in [1.807, 2.05) is 60.5 Å². The minimum atomic E-state index is -0.538. The number of benzene rings is 3. The van der Waals surface area contributed by atoms with Crippen LogP contribution in [0.1, 0.15) is 5.56 Å². The van der Waals surface area contributed by atoms with Crippen LogP contribution in [0.2, 0.25) is 0 Å². The van der Waals surface area contributed by atoms with Crippen LogP contribution >= 0.6 is 0 Å². The predicted octanol–water partition coefficient (Wildman–Crippen LogP) is 3.63. The number of anilines is 1. The zero-order chi connectivity index (χ0) is 19.9. The lowest BCUT2D eigenvalue weighted by atomic mass is 10.1. The lowest BCUT2D eigenvalue weighted by Gasteiger charge is -2.16. The Bertz CT molecular complexity index is 973. The second kappa shape index (κ2) is 9.01. The van der Waals surface area contributed by atoms with Crippen LogP contribution in [0.25, 0.3) is 10.8 Å². The molecule has 0 heterocycles. The number of urea groups is 1. The SMILES string of the molecule is COc1ccc2cc(CN(C)CC(=O)NC(=O)Nc3ccccc3)ccc2c1. The number of carbonyl (C=O) groups is 2. The molecule has 0 bridgehead atoms. The van der Waals surface area contributed by atoms with Gasteiger partial charge in [-0.2, -0.15) is 0 Å². The molecule has 0 atom stereocenters. The van der Waals surface area contributed by atoms with Crippen molar-refractivity contribution in [3.8, 4) is 5.75 Å². The summed E-state index contributed by atoms with van der Waals surface area (Å²) in [7, 11) is 3.49. The number of para-hydroxylation sites is 1. The first-order chi connectivity index (χ1) is 13.5. The summed E-state index contributed by atoms with van der Waals surface area (Å²) in [5.41, 5.74) is 1.72. The minimum absolute atomic E-state index is 0.114. The van der Waals surface area contributed by atoms with Crippen LogP contribution in [0.3, 0.4) is 0 Å². The van der Waals surface area contributed by atoms with Crippen molar-refractivity contribution < 1.29 is 14.3 Å². The molecule has 3 aromatic carbocycles. The maximum atomic E-state index is 12.1. The van der Waals surface area contributed by atoms with Gasteiger partial charge in [-0.25, -0.2) is 4.79 Å². The largest absolute Gasteiger partial charge is 0.497 e. The molecule has 0 fully saturated rings. The molecule has 0 aliphatic rings. The highest BCUT2D eigenvalue weighted by Crippen LogP contribution is 2.22. The summed E-state index contributed by atoms with van der Waals surface area (Å²) in [6.45, 7) is 0.707. The Kier molecular flexibility index (Phi) is 6.24. The number of fused-ring (bicyclic) bond motifs is 1. The number of hydrogen-bond donors (Lipinski definition) is 2. The smallest absolute Gasteiger partial charge is 0.325 e. The third kappa shape index (κ3) is 5.31. The normalized spacial score (nSPS) is 10.7. The summed E-state index contributed by atoms with van der Waals surface area (Å²) < 4.78 is 5.24. The Labute approximate surface area is 164 Å². The van der Waals surface area contributed by atoms with Gasteiger partial charge in [-0.1, -0.05) is 36.4 Å². The van der Waals surface area contributed by atoms with E-state index in [0.717, 1.165) is 22.1 Å². The molecule has 6 nitrogen and oxygen atoms in total. The van der Waals surface area contributed by atoms with E-state index in [1.165, 1.54) is 0 Å². The van der Waals surface area contributed by atoms with Crippen molar-refractivity contribution in [1.82, 2.24) is 10.2 Å². The summed E-state index contributed by atoms with van der Waals surface area (Å²) in [4.78, 5) is 25.8. The number of methoxy groups -OCH3 is 1. The molecular formula is C22H23N3O3. The molecule has 0 radical (unpaired) electrons. The molecule has 0 saturated heterocycles. The molecule has 28 heavy (non-hydrogen) atoms. The van der Waals surface area contributed by atoms with Crippen molar-refractivity contribution in [2.45, 2.75) is 6.54 Å². The quantitative estimate of drug-likeness (QED) is 0.688. The Morgan fingerprint density at radius 3 is 2.43 bits per heavy atom. The molecule has 144 valence electrons. The number of nitrogens with zero attached hydrogens (tertiary/aromatic N) is 1. The van der Waals surface area contributed by atoms with Gasteiger partial charge >= 0.3 is 6.03 Å². The minimum Gasteiger partial charge on any atom is -0.497 e. The Hall–Kier alpha value is -3.38. The lowest BCUT2D eigenvalue weighted by Crippen LogP contribution is -2.40. The van der Waals surface area contributed by atoms with E-state index < -0.39 is 6.03 Å². The molecule has 0 aliphatic heterocycles. The van der Waals surface area contributed by atoms with E-state index in [1.54, 1.807) is 19.2 Å². The summed E-state index contributed by atoms with van der Waals surface area (Å²) in [5.74, 6) is 0.462. The zero-order valence-electron chi connectivity index (χ0n) is 15.9. The van der Waals surface area contributed by atoms with Gasteiger partial charge in [-0.3, -0.25) is 15.0 Å². The van der Waals surface area contributed by atoms with Crippen molar-refractivity contribution in [3.05, 3.63) is 72.3 Å². The average Bonchev–Trinajstić information content (AvgIpc) is 2.67.